The van der Waals surface area contributed by atoms with E-state index in [0.717, 1.165) is 107 Å². The van der Waals surface area contributed by atoms with E-state index in [-0.39, 0.29) is 11.7 Å². The first kappa shape index (κ1) is 56.5. The Hall–Kier alpha value is -4.08. The standard InChI is InChI=1S/C56H79NO9P2/c1-11-52(47-26-13-12-14-27-47)54(48-28-32-50(58)33-29-48)49-30-34-51(35-31-49)64-40-39-57(9)38-36-45(6)23-16-21-44(5)25-18-37-56(8)53(55(56)65-68(62,63-10)66-67(59,60)61)41-46(7)24-17-22-43(4)20-15-19-42(2)3/h12-14,19,22-23,25-35,41,53,55,58H,11,15-18,20-21,24,36-40H2,1-10H3,(H2,59,60,61)/b43-22+,44-25+,45-23+,46-41+,54-52-. The number of hydrogen-bond donors (Lipinski definition) is 3. The summed E-state index contributed by atoms with van der Waals surface area (Å²) in [6.45, 7) is 19.4. The minimum absolute atomic E-state index is 0.112. The molecular formula is C56H79NO9P2. The van der Waals surface area contributed by atoms with Gasteiger partial charge in [0.05, 0.1) is 6.10 Å². The molecule has 0 radical (unpaired) electrons. The Morgan fingerprint density at radius 1 is 0.706 bits per heavy atom. The van der Waals surface area contributed by atoms with Crippen molar-refractivity contribution < 1.29 is 42.1 Å². The molecule has 0 saturated heterocycles. The van der Waals surface area contributed by atoms with Crippen LogP contribution in [0.4, 0.5) is 0 Å². The molecule has 1 saturated carbocycles. The van der Waals surface area contributed by atoms with Gasteiger partial charge in [0, 0.05) is 31.5 Å². The third-order valence-corrected chi connectivity index (χ3v) is 15.4. The van der Waals surface area contributed by atoms with Crippen LogP contribution in [0.1, 0.15) is 136 Å². The van der Waals surface area contributed by atoms with Crippen LogP contribution in [-0.2, 0) is 22.5 Å². The van der Waals surface area contributed by atoms with E-state index < -0.39 is 27.2 Å². The number of hydrogen-bond acceptors (Lipinski definition) is 8. The van der Waals surface area contributed by atoms with Crippen molar-refractivity contribution in [3.63, 3.8) is 0 Å². The highest BCUT2D eigenvalue weighted by atomic mass is 31.3. The van der Waals surface area contributed by atoms with E-state index in [1.54, 1.807) is 12.1 Å². The third kappa shape index (κ3) is 19.0. The number of aromatic hydroxyl groups is 1. The molecule has 10 nitrogen and oxygen atoms in total. The summed E-state index contributed by atoms with van der Waals surface area (Å²) in [4.78, 5) is 21.1. The van der Waals surface area contributed by atoms with E-state index in [1.807, 2.05) is 30.3 Å². The van der Waals surface area contributed by atoms with Crippen molar-refractivity contribution in [3.05, 3.63) is 154 Å². The summed E-state index contributed by atoms with van der Waals surface area (Å²) in [5.74, 6) is 0.963. The second-order valence-corrected chi connectivity index (χ2v) is 22.0. The van der Waals surface area contributed by atoms with Crippen LogP contribution in [0.3, 0.4) is 0 Å². The average molecular weight is 972 g/mol. The molecule has 3 N–H and O–H groups in total. The number of phenols is 1. The molecule has 1 aliphatic carbocycles. The Morgan fingerprint density at radius 3 is 1.81 bits per heavy atom. The SMILES string of the molecule is CC/C(=C(\c1ccc(O)cc1)c1ccc(OCCN(C)CC/C(C)=C/CC/C(C)=C/CCC2(C)C(/C=C(\C)CC/C=C(\C)CCC=C(C)C)C2OP(=O)(OC)OP(=O)(O)O)cc1)c1ccccc1. The Labute approximate surface area is 408 Å². The van der Waals surface area contributed by atoms with Crippen LogP contribution in [0.15, 0.2) is 137 Å². The monoisotopic (exact) mass is 972 g/mol. The summed E-state index contributed by atoms with van der Waals surface area (Å²) in [6, 6.07) is 26.2. The molecule has 0 spiro atoms. The first-order chi connectivity index (χ1) is 32.3. The van der Waals surface area contributed by atoms with E-state index in [4.69, 9.17) is 13.8 Å². The van der Waals surface area contributed by atoms with Gasteiger partial charge in [-0.25, -0.2) is 9.13 Å². The maximum atomic E-state index is 13.2. The first-order valence-electron chi connectivity index (χ1n) is 24.1. The molecular weight excluding hydrogens is 893 g/mol. The lowest BCUT2D eigenvalue weighted by atomic mass is 9.88. The smallest absolute Gasteiger partial charge is 0.483 e. The van der Waals surface area contributed by atoms with Crippen molar-refractivity contribution in [2.24, 2.45) is 11.3 Å². The first-order valence-corrected chi connectivity index (χ1v) is 27.1. The molecule has 0 amide bonds. The van der Waals surface area contributed by atoms with Gasteiger partial charge in [-0.1, -0.05) is 127 Å². The lowest BCUT2D eigenvalue weighted by molar-refractivity contribution is 0.135. The van der Waals surface area contributed by atoms with Crippen LogP contribution in [-0.4, -0.2) is 59.8 Å². The number of phosphoric ester groups is 1. The zero-order valence-corrected chi connectivity index (χ0v) is 44.2. The van der Waals surface area contributed by atoms with Gasteiger partial charge in [-0.15, -0.1) is 0 Å². The van der Waals surface area contributed by atoms with Gasteiger partial charge in [0.1, 0.15) is 18.1 Å². The zero-order valence-electron chi connectivity index (χ0n) is 42.4. The van der Waals surface area contributed by atoms with Crippen molar-refractivity contribution in [2.75, 3.05) is 33.9 Å². The second-order valence-electron chi connectivity index (χ2n) is 18.9. The Morgan fingerprint density at radius 2 is 1.25 bits per heavy atom. The maximum Gasteiger partial charge on any atom is 0.483 e. The fourth-order valence-electron chi connectivity index (χ4n) is 8.53. The van der Waals surface area contributed by atoms with Gasteiger partial charge in [0.25, 0.3) is 0 Å². The molecule has 68 heavy (non-hydrogen) atoms. The van der Waals surface area contributed by atoms with Crippen LogP contribution < -0.4 is 4.74 Å². The van der Waals surface area contributed by atoms with E-state index in [1.165, 1.54) is 39.0 Å². The van der Waals surface area contributed by atoms with Gasteiger partial charge in [0.2, 0.25) is 0 Å². The number of nitrogens with zero attached hydrogens (tertiary/aromatic N) is 1. The summed E-state index contributed by atoms with van der Waals surface area (Å²) >= 11 is 0. The topological polar surface area (TPSA) is 135 Å². The molecule has 0 heterocycles. The normalized spacial score (nSPS) is 19.4. The lowest BCUT2D eigenvalue weighted by Gasteiger charge is -2.18. The predicted molar refractivity (Wildman–Crippen MR) is 280 cm³/mol. The van der Waals surface area contributed by atoms with Crippen molar-refractivity contribution in [1.82, 2.24) is 4.90 Å². The summed E-state index contributed by atoms with van der Waals surface area (Å²) in [7, 11) is -6.43. The van der Waals surface area contributed by atoms with Gasteiger partial charge in [-0.3, -0.25) is 9.05 Å². The third-order valence-electron chi connectivity index (χ3n) is 12.8. The molecule has 0 aliphatic heterocycles. The highest BCUT2D eigenvalue weighted by Gasteiger charge is 2.63. The zero-order chi connectivity index (χ0) is 49.9. The molecule has 3 aromatic rings. The molecule has 4 atom stereocenters. The molecule has 0 aromatic heterocycles. The molecule has 3 aromatic carbocycles. The summed E-state index contributed by atoms with van der Waals surface area (Å²) < 4.78 is 46.3. The number of phenolic OH excluding ortho intramolecular Hbond substituents is 1. The molecule has 4 rings (SSSR count). The van der Waals surface area contributed by atoms with E-state index in [0.29, 0.717) is 6.61 Å². The molecule has 372 valence electrons. The minimum Gasteiger partial charge on any atom is -0.508 e. The van der Waals surface area contributed by atoms with Crippen LogP contribution in [0.25, 0.3) is 11.1 Å². The van der Waals surface area contributed by atoms with Crippen molar-refractivity contribution in [3.8, 4) is 11.5 Å². The van der Waals surface area contributed by atoms with Gasteiger partial charge in [0.15, 0.2) is 0 Å². The minimum atomic E-state index is -5.12. The summed E-state index contributed by atoms with van der Waals surface area (Å²) in [5.41, 5.74) is 11.8. The number of rotatable bonds is 29. The predicted octanol–water partition coefficient (Wildman–Crippen LogP) is 15.2. The Balaban J connectivity index is 1.25. The number of benzene rings is 3. The number of likely N-dealkylation sites (N-methyl/N-ethyl adjacent to an activating group) is 1. The quantitative estimate of drug-likeness (QED) is 0.0351. The van der Waals surface area contributed by atoms with Gasteiger partial charge in [-0.05, 0) is 165 Å². The molecule has 0 bridgehead atoms. The Bertz CT molecular complexity index is 2340. The number of phosphoric acid groups is 2. The van der Waals surface area contributed by atoms with Gasteiger partial charge >= 0.3 is 15.6 Å². The highest BCUT2D eigenvalue weighted by molar-refractivity contribution is 7.61. The van der Waals surface area contributed by atoms with Crippen LogP contribution in [0.2, 0.25) is 0 Å². The highest BCUT2D eigenvalue weighted by Crippen LogP contribution is 2.69. The average Bonchev–Trinajstić information content (AvgIpc) is 3.82. The largest absolute Gasteiger partial charge is 0.508 e. The van der Waals surface area contributed by atoms with Gasteiger partial charge in [-0.2, -0.15) is 4.31 Å². The number of allylic oxidation sites excluding steroid dienone is 9. The van der Waals surface area contributed by atoms with E-state index >= 15 is 0 Å². The van der Waals surface area contributed by atoms with E-state index in [2.05, 4.69) is 138 Å². The molecule has 12 heteroatoms. The van der Waals surface area contributed by atoms with Gasteiger partial charge < -0.3 is 24.5 Å². The fourth-order valence-corrected chi connectivity index (χ4v) is 10.7. The number of ether oxygens (including phenoxy) is 1. The fraction of sp³-hybridized carbons (Fsp3) is 0.464. The van der Waals surface area contributed by atoms with Crippen molar-refractivity contribution in [2.45, 2.75) is 126 Å². The van der Waals surface area contributed by atoms with Crippen LogP contribution in [0, 0.1) is 11.3 Å². The second kappa shape index (κ2) is 27.3. The van der Waals surface area contributed by atoms with Crippen molar-refractivity contribution >= 4 is 26.8 Å². The van der Waals surface area contributed by atoms with Crippen LogP contribution in [0.5, 0.6) is 11.5 Å². The molecule has 1 aliphatic rings. The van der Waals surface area contributed by atoms with E-state index in [9.17, 15) is 24.0 Å². The summed E-state index contributed by atoms with van der Waals surface area (Å²) in [5, 5.41) is 9.98. The van der Waals surface area contributed by atoms with Crippen molar-refractivity contribution in [1.29, 1.82) is 0 Å². The van der Waals surface area contributed by atoms with Crippen LogP contribution >= 0.6 is 15.6 Å². The maximum absolute atomic E-state index is 13.2. The molecule has 4 unspecified atom stereocenters. The lowest BCUT2D eigenvalue weighted by Crippen LogP contribution is -2.25. The Kier molecular flexibility index (Phi) is 22.7. The summed E-state index contributed by atoms with van der Waals surface area (Å²) in [6.07, 6.45) is 19.8. The molecule has 1 fully saturated rings.